The van der Waals surface area contributed by atoms with Crippen molar-refractivity contribution < 1.29 is 14.1 Å². The number of ether oxygens (including phenoxy) is 1. The third-order valence-corrected chi connectivity index (χ3v) is 3.71. The van der Waals surface area contributed by atoms with Crippen molar-refractivity contribution in [1.29, 1.82) is 0 Å². The van der Waals surface area contributed by atoms with Gasteiger partial charge in [-0.25, -0.2) is 4.79 Å². The number of rotatable bonds is 2. The van der Waals surface area contributed by atoms with Gasteiger partial charge in [-0.1, -0.05) is 11.6 Å². The van der Waals surface area contributed by atoms with Gasteiger partial charge in [-0.2, -0.15) is 0 Å². The lowest BCUT2D eigenvalue weighted by Gasteiger charge is -2.12. The monoisotopic (exact) mass is 246 g/mol. The van der Waals surface area contributed by atoms with Crippen molar-refractivity contribution in [2.24, 2.45) is 0 Å². The van der Waals surface area contributed by atoms with Gasteiger partial charge < -0.3 is 9.30 Å². The highest BCUT2D eigenvalue weighted by molar-refractivity contribution is 7.70. The molecule has 0 spiro atoms. The van der Waals surface area contributed by atoms with E-state index in [2.05, 4.69) is 4.74 Å². The first-order valence-corrected chi connectivity index (χ1v) is 7.27. The van der Waals surface area contributed by atoms with E-state index < -0.39 is 13.1 Å². The van der Waals surface area contributed by atoms with Gasteiger partial charge in [0.15, 0.2) is 0 Å². The second-order valence-corrected chi connectivity index (χ2v) is 7.12. The number of carbonyl (C=O) groups is 1. The molecule has 0 aliphatic heterocycles. The molecule has 5 heteroatoms. The molecule has 0 aromatic heterocycles. The average Bonchev–Trinajstić information content (AvgIpc) is 2.15. The lowest BCUT2D eigenvalue weighted by Crippen LogP contribution is -2.16. The smallest absolute Gasteiger partial charge is 0.338 e. The summed E-state index contributed by atoms with van der Waals surface area (Å²) in [5.74, 6) is -0.495. The minimum absolute atomic E-state index is 0.315. The number of esters is 1. The standard InChI is InChI=1S/C10H12ClO3P/c1-14-10(12)8-5-4-7(11)6-9(8)15(2,3)13/h4-6H,1-3H3. The molecular formula is C10H12ClO3P. The van der Waals surface area contributed by atoms with Crippen LogP contribution in [0.5, 0.6) is 0 Å². The van der Waals surface area contributed by atoms with Crippen LogP contribution in [0, 0.1) is 0 Å². The maximum Gasteiger partial charge on any atom is 0.338 e. The van der Waals surface area contributed by atoms with Crippen LogP contribution in [-0.2, 0) is 9.30 Å². The van der Waals surface area contributed by atoms with Gasteiger partial charge >= 0.3 is 5.97 Å². The summed E-state index contributed by atoms with van der Waals surface area (Å²) < 4.78 is 16.6. The van der Waals surface area contributed by atoms with Crippen LogP contribution in [0.3, 0.4) is 0 Å². The van der Waals surface area contributed by atoms with E-state index in [-0.39, 0.29) is 0 Å². The van der Waals surface area contributed by atoms with Crippen molar-refractivity contribution >= 4 is 30.0 Å². The summed E-state index contributed by atoms with van der Waals surface area (Å²) in [6.07, 6.45) is 0. The first-order chi connectivity index (χ1) is 6.86. The summed E-state index contributed by atoms with van der Waals surface area (Å²) in [5.41, 5.74) is 0.315. The highest BCUT2D eigenvalue weighted by atomic mass is 35.5. The summed E-state index contributed by atoms with van der Waals surface area (Å²) in [6.45, 7) is 3.18. The Morgan fingerprint density at radius 1 is 1.40 bits per heavy atom. The van der Waals surface area contributed by atoms with Crippen molar-refractivity contribution in [2.75, 3.05) is 20.4 Å². The molecule has 15 heavy (non-hydrogen) atoms. The quantitative estimate of drug-likeness (QED) is 0.594. The van der Waals surface area contributed by atoms with E-state index in [1.54, 1.807) is 25.5 Å². The lowest BCUT2D eigenvalue weighted by atomic mass is 10.2. The molecule has 0 amide bonds. The zero-order chi connectivity index (χ0) is 11.6. The Labute approximate surface area is 93.8 Å². The fourth-order valence-corrected chi connectivity index (χ4v) is 2.68. The molecule has 1 aromatic carbocycles. The van der Waals surface area contributed by atoms with Crippen LogP contribution in [0.15, 0.2) is 18.2 Å². The van der Waals surface area contributed by atoms with Gasteiger partial charge in [0, 0.05) is 10.3 Å². The summed E-state index contributed by atoms with van der Waals surface area (Å²) in [7, 11) is -1.25. The Hall–Kier alpha value is -0.790. The van der Waals surface area contributed by atoms with Gasteiger partial charge in [0.25, 0.3) is 0 Å². The fourth-order valence-electron chi connectivity index (χ4n) is 1.23. The second-order valence-electron chi connectivity index (χ2n) is 3.50. The lowest BCUT2D eigenvalue weighted by molar-refractivity contribution is 0.0602. The van der Waals surface area contributed by atoms with Crippen LogP contribution in [0.25, 0.3) is 0 Å². The molecule has 0 saturated carbocycles. The predicted octanol–water partition coefficient (Wildman–Crippen LogP) is 2.37. The van der Waals surface area contributed by atoms with Crippen LogP contribution in [-0.4, -0.2) is 26.4 Å². The van der Waals surface area contributed by atoms with Crippen molar-refractivity contribution in [3.63, 3.8) is 0 Å². The van der Waals surface area contributed by atoms with Gasteiger partial charge in [0.1, 0.15) is 7.14 Å². The number of hydrogen-bond donors (Lipinski definition) is 0. The highest BCUT2D eigenvalue weighted by Crippen LogP contribution is 2.37. The zero-order valence-corrected chi connectivity index (χ0v) is 10.4. The molecule has 0 radical (unpaired) electrons. The predicted molar refractivity (Wildman–Crippen MR) is 61.9 cm³/mol. The molecule has 82 valence electrons. The SMILES string of the molecule is COC(=O)c1ccc(Cl)cc1P(C)(C)=O. The van der Waals surface area contributed by atoms with Gasteiger partial charge in [-0.15, -0.1) is 0 Å². The first kappa shape index (κ1) is 12.3. The number of methoxy groups -OCH3 is 1. The minimum Gasteiger partial charge on any atom is -0.465 e. The molecule has 1 rings (SSSR count). The molecule has 0 saturated heterocycles. The van der Waals surface area contributed by atoms with Crippen LogP contribution in [0.4, 0.5) is 0 Å². The number of benzene rings is 1. The van der Waals surface area contributed by atoms with Crippen molar-refractivity contribution in [3.05, 3.63) is 28.8 Å². The fraction of sp³-hybridized carbons (Fsp3) is 0.300. The van der Waals surface area contributed by atoms with Crippen LogP contribution >= 0.6 is 18.7 Å². The van der Waals surface area contributed by atoms with Gasteiger partial charge in [0.05, 0.1) is 12.7 Å². The molecule has 0 unspecified atom stereocenters. The topological polar surface area (TPSA) is 43.4 Å². The van der Waals surface area contributed by atoms with E-state index in [1.165, 1.54) is 13.2 Å². The molecule has 0 atom stereocenters. The van der Waals surface area contributed by atoms with Crippen molar-refractivity contribution in [2.45, 2.75) is 0 Å². The third-order valence-electron chi connectivity index (χ3n) is 1.95. The molecule has 1 aromatic rings. The Morgan fingerprint density at radius 2 is 2.00 bits per heavy atom. The Balaban J connectivity index is 3.40. The minimum atomic E-state index is -2.53. The van der Waals surface area contributed by atoms with Gasteiger partial charge in [-0.05, 0) is 31.5 Å². The molecule has 0 bridgehead atoms. The van der Waals surface area contributed by atoms with E-state index in [0.717, 1.165) is 0 Å². The Kier molecular flexibility index (Phi) is 3.58. The second kappa shape index (κ2) is 4.38. The van der Waals surface area contributed by atoms with Gasteiger partial charge in [0.2, 0.25) is 0 Å². The number of halogens is 1. The summed E-state index contributed by atoms with van der Waals surface area (Å²) in [5, 5.41) is 0.920. The highest BCUT2D eigenvalue weighted by Gasteiger charge is 2.21. The van der Waals surface area contributed by atoms with Gasteiger partial charge in [-0.3, -0.25) is 0 Å². The van der Waals surface area contributed by atoms with Crippen molar-refractivity contribution in [3.8, 4) is 0 Å². The van der Waals surface area contributed by atoms with E-state index >= 15 is 0 Å². The zero-order valence-electron chi connectivity index (χ0n) is 8.78. The molecule has 0 aliphatic rings. The summed E-state index contributed by atoms with van der Waals surface area (Å²) in [4.78, 5) is 11.4. The largest absolute Gasteiger partial charge is 0.465 e. The average molecular weight is 247 g/mol. The molecule has 3 nitrogen and oxygen atoms in total. The Bertz CT molecular complexity index is 436. The van der Waals surface area contributed by atoms with Crippen LogP contribution in [0.1, 0.15) is 10.4 Å². The number of hydrogen-bond acceptors (Lipinski definition) is 3. The maximum atomic E-state index is 11.9. The van der Waals surface area contributed by atoms with Crippen LogP contribution in [0.2, 0.25) is 5.02 Å². The van der Waals surface area contributed by atoms with Crippen LogP contribution < -0.4 is 5.30 Å². The molecule has 0 heterocycles. The molecular weight excluding hydrogens is 235 g/mol. The van der Waals surface area contributed by atoms with E-state index in [4.69, 9.17) is 11.6 Å². The third kappa shape index (κ3) is 2.83. The maximum absolute atomic E-state index is 11.9. The first-order valence-electron chi connectivity index (χ1n) is 4.29. The normalized spacial score (nSPS) is 11.2. The van der Waals surface area contributed by atoms with E-state index in [0.29, 0.717) is 15.9 Å². The van der Waals surface area contributed by atoms with Crippen molar-refractivity contribution in [1.82, 2.24) is 0 Å². The summed E-state index contributed by atoms with van der Waals surface area (Å²) in [6, 6.07) is 4.66. The van der Waals surface area contributed by atoms with E-state index in [9.17, 15) is 9.36 Å². The number of carbonyl (C=O) groups excluding carboxylic acids is 1. The molecule has 0 aliphatic carbocycles. The summed E-state index contributed by atoms with van der Waals surface area (Å²) >= 11 is 5.80. The molecule has 0 N–H and O–H groups in total. The van der Waals surface area contributed by atoms with E-state index in [1.807, 2.05) is 0 Å². The Morgan fingerprint density at radius 3 is 2.47 bits per heavy atom. The molecule has 0 fully saturated rings.